The van der Waals surface area contributed by atoms with Crippen LogP contribution < -0.4 is 5.32 Å². The fraction of sp³-hybridized carbons (Fsp3) is 0.718. The zero-order chi connectivity index (χ0) is 59.6. The van der Waals surface area contributed by atoms with Gasteiger partial charge in [0.05, 0.1) is 25.4 Å². The van der Waals surface area contributed by atoms with E-state index in [0.29, 0.717) is 12.8 Å². The van der Waals surface area contributed by atoms with E-state index in [0.717, 1.165) is 128 Å². The van der Waals surface area contributed by atoms with Crippen LogP contribution in [-0.2, 0) is 23.8 Å². The van der Waals surface area contributed by atoms with Gasteiger partial charge < -0.3 is 45.1 Å². The fourth-order valence-corrected chi connectivity index (χ4v) is 9.62. The Hall–Kier alpha value is -3.68. The number of esters is 1. The van der Waals surface area contributed by atoms with Crippen LogP contribution in [0.15, 0.2) is 109 Å². The number of nitrogens with one attached hydrogen (secondary N) is 1. The summed E-state index contributed by atoms with van der Waals surface area (Å²) in [7, 11) is 0. The Morgan fingerprint density at radius 2 is 0.841 bits per heavy atom. The predicted octanol–water partition coefficient (Wildman–Crippen LogP) is 16.4. The van der Waals surface area contributed by atoms with Gasteiger partial charge in [0.1, 0.15) is 24.4 Å². The van der Waals surface area contributed by atoms with Crippen molar-refractivity contribution >= 4 is 11.9 Å². The molecule has 1 amide bonds. The van der Waals surface area contributed by atoms with Crippen molar-refractivity contribution in [2.24, 2.45) is 0 Å². The molecule has 82 heavy (non-hydrogen) atoms. The molecule has 1 fully saturated rings. The van der Waals surface area contributed by atoms with Gasteiger partial charge in [-0.15, -0.1) is 0 Å². The molecule has 0 spiro atoms. The highest BCUT2D eigenvalue weighted by molar-refractivity contribution is 5.80. The van der Waals surface area contributed by atoms with Gasteiger partial charge in [0, 0.05) is 6.42 Å². The molecule has 0 aromatic rings. The SMILES string of the molecule is CCCCC/C=C\C/C=C\C/C=C\C/C=C\CCCCCCCCCC(=O)OC1C(OCC(NC(=O)C(O)CCCC/C=C\C/C=C\C/C=C\C/C=C\CCCCC)C(O)/C=C/CCCCCCCCCCCC)OC(CO)C(O)C1O. The van der Waals surface area contributed by atoms with Gasteiger partial charge in [-0.1, -0.05) is 252 Å². The van der Waals surface area contributed by atoms with Crippen molar-refractivity contribution in [1.29, 1.82) is 0 Å². The van der Waals surface area contributed by atoms with E-state index in [-0.39, 0.29) is 19.4 Å². The largest absolute Gasteiger partial charge is 0.454 e. The Balaban J connectivity index is 2.67. The van der Waals surface area contributed by atoms with E-state index >= 15 is 0 Å². The summed E-state index contributed by atoms with van der Waals surface area (Å²) in [4.78, 5) is 26.6. The van der Waals surface area contributed by atoms with Crippen molar-refractivity contribution in [3.8, 4) is 0 Å². The first-order valence-corrected chi connectivity index (χ1v) is 33.2. The van der Waals surface area contributed by atoms with Crippen molar-refractivity contribution in [1.82, 2.24) is 5.32 Å². The molecule has 1 saturated heterocycles. The number of aliphatic hydroxyl groups is 5. The van der Waals surface area contributed by atoms with Gasteiger partial charge >= 0.3 is 5.97 Å². The van der Waals surface area contributed by atoms with Crippen LogP contribution in [0.4, 0.5) is 0 Å². The molecule has 8 unspecified atom stereocenters. The zero-order valence-electron chi connectivity index (χ0n) is 52.1. The van der Waals surface area contributed by atoms with Crippen LogP contribution in [0.3, 0.4) is 0 Å². The molecule has 8 atom stereocenters. The number of unbranched alkanes of at least 4 members (excludes halogenated alkanes) is 25. The number of amides is 1. The molecule has 470 valence electrons. The van der Waals surface area contributed by atoms with Crippen molar-refractivity contribution in [2.45, 2.75) is 314 Å². The lowest BCUT2D eigenvalue weighted by atomic mass is 9.99. The van der Waals surface area contributed by atoms with Crippen LogP contribution in [0.2, 0.25) is 0 Å². The van der Waals surface area contributed by atoms with Gasteiger partial charge in [0.25, 0.3) is 0 Å². The number of allylic oxidation sites excluding steroid dienone is 17. The summed E-state index contributed by atoms with van der Waals surface area (Å²) in [6.45, 7) is 5.71. The normalized spacial score (nSPS) is 19.3. The summed E-state index contributed by atoms with van der Waals surface area (Å²) in [6, 6.07) is -1.05. The predicted molar refractivity (Wildman–Crippen MR) is 342 cm³/mol. The highest BCUT2D eigenvalue weighted by Gasteiger charge is 2.47. The van der Waals surface area contributed by atoms with Gasteiger partial charge in [-0.05, 0) is 116 Å². The second kappa shape index (κ2) is 57.7. The van der Waals surface area contributed by atoms with Gasteiger partial charge in [-0.25, -0.2) is 0 Å². The maximum Gasteiger partial charge on any atom is 0.306 e. The van der Waals surface area contributed by atoms with Crippen molar-refractivity contribution < 1.29 is 49.3 Å². The molecule has 11 heteroatoms. The van der Waals surface area contributed by atoms with Crippen LogP contribution in [-0.4, -0.2) is 99.6 Å². The average Bonchev–Trinajstić information content (AvgIpc) is 3.44. The minimum absolute atomic E-state index is 0.101. The molecule has 0 aromatic carbocycles. The molecule has 0 saturated carbocycles. The lowest BCUT2D eigenvalue weighted by Gasteiger charge is -2.41. The second-order valence-electron chi connectivity index (χ2n) is 22.5. The molecule has 11 nitrogen and oxygen atoms in total. The quantitative estimate of drug-likeness (QED) is 0.0195. The van der Waals surface area contributed by atoms with Crippen LogP contribution >= 0.6 is 0 Å². The zero-order valence-corrected chi connectivity index (χ0v) is 52.1. The Morgan fingerprint density at radius 1 is 0.476 bits per heavy atom. The van der Waals surface area contributed by atoms with Crippen molar-refractivity contribution in [2.75, 3.05) is 13.2 Å². The molecule has 1 aliphatic rings. The maximum atomic E-state index is 13.4. The molecule has 1 heterocycles. The van der Waals surface area contributed by atoms with E-state index in [1.54, 1.807) is 6.08 Å². The molecule has 0 aliphatic carbocycles. The molecule has 1 rings (SSSR count). The van der Waals surface area contributed by atoms with E-state index in [1.165, 1.54) is 89.9 Å². The number of carbonyl (C=O) groups excluding carboxylic acids is 2. The van der Waals surface area contributed by atoms with Gasteiger partial charge in [0.15, 0.2) is 12.4 Å². The van der Waals surface area contributed by atoms with E-state index in [2.05, 4.69) is 123 Å². The number of rotatable bonds is 55. The smallest absolute Gasteiger partial charge is 0.306 e. The Bertz CT molecular complexity index is 1750. The van der Waals surface area contributed by atoms with Crippen LogP contribution in [0, 0.1) is 0 Å². The number of ether oxygens (including phenoxy) is 3. The first kappa shape index (κ1) is 76.3. The Morgan fingerprint density at radius 3 is 1.28 bits per heavy atom. The topological polar surface area (TPSA) is 175 Å². The average molecular weight is 1150 g/mol. The Kier molecular flexibility index (Phi) is 53.7. The standard InChI is InChI=1S/C71H121NO10/c1-4-7-10-13-16-19-22-25-27-29-31-32-33-34-35-37-39-41-44-47-50-53-56-59-66(76)82-69-68(78)67(77)65(60-73)81-71(69)80-61-62(63(74)57-54-51-48-45-42-24-21-18-15-12-9-6-3)72-70(79)64(75)58-55-52-49-46-43-40-38-36-30-28-26-23-20-17-14-11-8-5-2/h16-17,19-20,25-28,31-32,34-36,38,43,46,54,57,62-65,67-69,71,73-75,77-78H,4-15,18,21-24,29-30,33,37,39-42,44-45,47-53,55-56,58-61H2,1-3H3,(H,72,79)/b19-16-,20-17-,27-25-,28-26-,32-31-,35-34-,38-36-,46-43-,57-54+. The minimum Gasteiger partial charge on any atom is -0.454 e. The first-order chi connectivity index (χ1) is 40.2. The monoisotopic (exact) mass is 1150 g/mol. The maximum absolute atomic E-state index is 13.4. The first-order valence-electron chi connectivity index (χ1n) is 33.2. The second-order valence-corrected chi connectivity index (χ2v) is 22.5. The number of hydrogen-bond donors (Lipinski definition) is 6. The van der Waals surface area contributed by atoms with Crippen LogP contribution in [0.5, 0.6) is 0 Å². The van der Waals surface area contributed by atoms with E-state index < -0.39 is 67.4 Å². The number of carbonyl (C=O) groups is 2. The number of hydrogen-bond acceptors (Lipinski definition) is 10. The third-order valence-corrected chi connectivity index (χ3v) is 14.9. The molecule has 0 bridgehead atoms. The van der Waals surface area contributed by atoms with Crippen molar-refractivity contribution in [3.63, 3.8) is 0 Å². The minimum atomic E-state index is -1.63. The summed E-state index contributed by atoms with van der Waals surface area (Å²) in [5, 5.41) is 57.1. The molecule has 6 N–H and O–H groups in total. The molecule has 0 radical (unpaired) electrons. The lowest BCUT2D eigenvalue weighted by Crippen LogP contribution is -2.61. The van der Waals surface area contributed by atoms with Crippen LogP contribution in [0.25, 0.3) is 0 Å². The molecular weight excluding hydrogens is 1030 g/mol. The third kappa shape index (κ3) is 44.8. The van der Waals surface area contributed by atoms with E-state index in [9.17, 15) is 35.1 Å². The summed E-state index contributed by atoms with van der Waals surface area (Å²) >= 11 is 0. The summed E-state index contributed by atoms with van der Waals surface area (Å²) in [6.07, 6.45) is 68.3. The van der Waals surface area contributed by atoms with E-state index in [1.807, 2.05) is 6.08 Å². The van der Waals surface area contributed by atoms with Gasteiger partial charge in [-0.3, -0.25) is 9.59 Å². The lowest BCUT2D eigenvalue weighted by molar-refractivity contribution is -0.305. The highest BCUT2D eigenvalue weighted by Crippen LogP contribution is 2.26. The molecular formula is C71H121NO10. The summed E-state index contributed by atoms with van der Waals surface area (Å²) in [5.41, 5.74) is 0. The molecule has 1 aliphatic heterocycles. The summed E-state index contributed by atoms with van der Waals surface area (Å²) in [5.74, 6) is -1.24. The molecule has 0 aromatic heterocycles. The fourth-order valence-electron chi connectivity index (χ4n) is 9.62. The Labute approximate surface area is 500 Å². The van der Waals surface area contributed by atoms with Crippen molar-refractivity contribution in [3.05, 3.63) is 109 Å². The third-order valence-electron chi connectivity index (χ3n) is 14.9. The van der Waals surface area contributed by atoms with E-state index in [4.69, 9.17) is 14.2 Å². The van der Waals surface area contributed by atoms with Gasteiger partial charge in [-0.2, -0.15) is 0 Å². The van der Waals surface area contributed by atoms with Gasteiger partial charge in [0.2, 0.25) is 5.91 Å². The number of aliphatic hydroxyl groups excluding tert-OH is 5. The van der Waals surface area contributed by atoms with Crippen LogP contribution in [0.1, 0.15) is 265 Å². The highest BCUT2D eigenvalue weighted by atomic mass is 16.7. The summed E-state index contributed by atoms with van der Waals surface area (Å²) < 4.78 is 17.6.